The first-order chi connectivity index (χ1) is 8.09. The SMILES string of the molecule is CN(C(=O)c1ccnn1C)C1CCC(=O)CC1. The van der Waals surface area contributed by atoms with E-state index in [0.29, 0.717) is 24.3 Å². The maximum atomic E-state index is 12.2. The molecule has 1 heterocycles. The van der Waals surface area contributed by atoms with Crippen LogP contribution in [0.3, 0.4) is 0 Å². The summed E-state index contributed by atoms with van der Waals surface area (Å²) < 4.78 is 1.58. The molecule has 0 unspecified atom stereocenters. The van der Waals surface area contributed by atoms with Gasteiger partial charge in [-0.3, -0.25) is 14.3 Å². The Morgan fingerprint density at radius 2 is 2.12 bits per heavy atom. The number of ketones is 1. The van der Waals surface area contributed by atoms with E-state index >= 15 is 0 Å². The van der Waals surface area contributed by atoms with Crippen LogP contribution in [0.2, 0.25) is 0 Å². The summed E-state index contributed by atoms with van der Waals surface area (Å²) in [5.74, 6) is 0.284. The zero-order chi connectivity index (χ0) is 12.4. The molecule has 1 aromatic heterocycles. The second-order valence-corrected chi connectivity index (χ2v) is 4.53. The summed E-state index contributed by atoms with van der Waals surface area (Å²) in [7, 11) is 3.56. The van der Waals surface area contributed by atoms with E-state index in [4.69, 9.17) is 0 Å². The number of aromatic nitrogens is 2. The smallest absolute Gasteiger partial charge is 0.272 e. The van der Waals surface area contributed by atoms with E-state index in [1.807, 2.05) is 0 Å². The zero-order valence-corrected chi connectivity index (χ0v) is 10.2. The molecule has 0 bridgehead atoms. The Morgan fingerprint density at radius 1 is 1.47 bits per heavy atom. The van der Waals surface area contributed by atoms with Crippen molar-refractivity contribution in [3.05, 3.63) is 18.0 Å². The van der Waals surface area contributed by atoms with E-state index in [1.165, 1.54) is 0 Å². The van der Waals surface area contributed by atoms with Gasteiger partial charge in [0.05, 0.1) is 0 Å². The van der Waals surface area contributed by atoms with Gasteiger partial charge < -0.3 is 4.90 Å². The molecule has 0 aromatic carbocycles. The van der Waals surface area contributed by atoms with Crippen LogP contribution in [0.4, 0.5) is 0 Å². The molecule has 2 rings (SSSR count). The van der Waals surface area contributed by atoms with Gasteiger partial charge in [-0.05, 0) is 18.9 Å². The Kier molecular flexibility index (Phi) is 3.26. The van der Waals surface area contributed by atoms with Gasteiger partial charge in [0.2, 0.25) is 0 Å². The van der Waals surface area contributed by atoms with E-state index in [1.54, 1.807) is 35.9 Å². The highest BCUT2D eigenvalue weighted by Gasteiger charge is 2.26. The molecule has 1 amide bonds. The highest BCUT2D eigenvalue weighted by atomic mass is 16.2. The van der Waals surface area contributed by atoms with Gasteiger partial charge >= 0.3 is 0 Å². The Hall–Kier alpha value is -1.65. The molecule has 92 valence electrons. The second-order valence-electron chi connectivity index (χ2n) is 4.53. The van der Waals surface area contributed by atoms with Crippen molar-refractivity contribution in [1.29, 1.82) is 0 Å². The molecule has 17 heavy (non-hydrogen) atoms. The summed E-state index contributed by atoms with van der Waals surface area (Å²) >= 11 is 0. The minimum absolute atomic E-state index is 0.0238. The first-order valence-electron chi connectivity index (χ1n) is 5.86. The Balaban J connectivity index is 2.05. The van der Waals surface area contributed by atoms with Crippen LogP contribution in [-0.2, 0) is 11.8 Å². The average molecular weight is 235 g/mol. The molecule has 0 spiro atoms. The van der Waals surface area contributed by atoms with Crippen molar-refractivity contribution in [3.63, 3.8) is 0 Å². The lowest BCUT2D eigenvalue weighted by atomic mass is 9.93. The molecule has 0 radical (unpaired) electrons. The summed E-state index contributed by atoms with van der Waals surface area (Å²) in [5.41, 5.74) is 0.587. The van der Waals surface area contributed by atoms with Gasteiger partial charge in [0.1, 0.15) is 11.5 Å². The lowest BCUT2D eigenvalue weighted by molar-refractivity contribution is -0.121. The predicted octanol–water partition coefficient (Wildman–Crippen LogP) is 1.00. The number of carbonyl (C=O) groups is 2. The fourth-order valence-electron chi connectivity index (χ4n) is 2.24. The normalized spacial score (nSPS) is 17.2. The van der Waals surface area contributed by atoms with Crippen LogP contribution < -0.4 is 0 Å². The second kappa shape index (κ2) is 4.69. The number of Topliss-reactive ketones (excluding diaryl/α,β-unsaturated/α-hetero) is 1. The maximum absolute atomic E-state index is 12.2. The third kappa shape index (κ3) is 2.38. The number of rotatable bonds is 2. The van der Waals surface area contributed by atoms with Gasteiger partial charge in [-0.25, -0.2) is 0 Å². The zero-order valence-electron chi connectivity index (χ0n) is 10.2. The van der Waals surface area contributed by atoms with E-state index < -0.39 is 0 Å². The number of hydrogen-bond donors (Lipinski definition) is 0. The average Bonchev–Trinajstić information content (AvgIpc) is 2.74. The first-order valence-corrected chi connectivity index (χ1v) is 5.86. The largest absolute Gasteiger partial charge is 0.337 e. The highest BCUT2D eigenvalue weighted by Crippen LogP contribution is 2.20. The van der Waals surface area contributed by atoms with E-state index in [-0.39, 0.29) is 11.9 Å². The standard InChI is InChI=1S/C12H17N3O2/c1-14(9-3-5-10(16)6-4-9)12(17)11-7-8-13-15(11)2/h7-9H,3-6H2,1-2H3. The van der Waals surface area contributed by atoms with Crippen LogP contribution >= 0.6 is 0 Å². The molecule has 1 fully saturated rings. The minimum Gasteiger partial charge on any atom is -0.337 e. The van der Waals surface area contributed by atoms with E-state index in [0.717, 1.165) is 12.8 Å². The van der Waals surface area contributed by atoms with Crippen molar-refractivity contribution >= 4 is 11.7 Å². The van der Waals surface area contributed by atoms with Crippen molar-refractivity contribution in [2.24, 2.45) is 7.05 Å². The lowest BCUT2D eigenvalue weighted by Gasteiger charge is -2.30. The third-order valence-electron chi connectivity index (χ3n) is 3.42. The van der Waals surface area contributed by atoms with Crippen LogP contribution in [0.25, 0.3) is 0 Å². The predicted molar refractivity (Wildman–Crippen MR) is 62.6 cm³/mol. The fourth-order valence-corrected chi connectivity index (χ4v) is 2.24. The Morgan fingerprint density at radius 3 is 2.65 bits per heavy atom. The number of aryl methyl sites for hydroxylation is 1. The van der Waals surface area contributed by atoms with Gasteiger partial charge in [0.15, 0.2) is 0 Å². The van der Waals surface area contributed by atoms with Gasteiger partial charge in [-0.15, -0.1) is 0 Å². The quantitative estimate of drug-likeness (QED) is 0.768. The summed E-state index contributed by atoms with van der Waals surface area (Å²) in [6.07, 6.45) is 4.35. The van der Waals surface area contributed by atoms with Crippen molar-refractivity contribution in [1.82, 2.24) is 14.7 Å². The minimum atomic E-state index is -0.0238. The molecule has 1 saturated carbocycles. The molecular formula is C12H17N3O2. The van der Waals surface area contributed by atoms with Crippen molar-refractivity contribution in [2.75, 3.05) is 7.05 Å². The molecule has 0 atom stereocenters. The molecule has 5 heteroatoms. The van der Waals surface area contributed by atoms with Gasteiger partial charge in [0, 0.05) is 39.2 Å². The van der Waals surface area contributed by atoms with Gasteiger partial charge in [-0.2, -0.15) is 5.10 Å². The van der Waals surface area contributed by atoms with Crippen LogP contribution in [0.5, 0.6) is 0 Å². The maximum Gasteiger partial charge on any atom is 0.272 e. The molecule has 1 aliphatic rings. The van der Waals surface area contributed by atoms with Crippen LogP contribution in [0.1, 0.15) is 36.2 Å². The van der Waals surface area contributed by atoms with Crippen LogP contribution in [-0.4, -0.2) is 39.5 Å². The summed E-state index contributed by atoms with van der Waals surface area (Å²) in [5, 5.41) is 3.99. The van der Waals surface area contributed by atoms with E-state index in [9.17, 15) is 9.59 Å². The molecule has 1 aromatic rings. The van der Waals surface area contributed by atoms with Crippen LogP contribution in [0.15, 0.2) is 12.3 Å². The first kappa shape index (κ1) is 11.8. The number of nitrogens with zero attached hydrogens (tertiary/aromatic N) is 3. The summed E-state index contributed by atoms with van der Waals surface area (Å²) in [6.45, 7) is 0. The van der Waals surface area contributed by atoms with E-state index in [2.05, 4.69) is 5.10 Å². The lowest BCUT2D eigenvalue weighted by Crippen LogP contribution is -2.40. The molecule has 0 N–H and O–H groups in total. The molecular weight excluding hydrogens is 218 g/mol. The van der Waals surface area contributed by atoms with Crippen molar-refractivity contribution in [2.45, 2.75) is 31.7 Å². The van der Waals surface area contributed by atoms with Crippen LogP contribution in [0, 0.1) is 0 Å². The van der Waals surface area contributed by atoms with Crippen molar-refractivity contribution in [3.8, 4) is 0 Å². The monoisotopic (exact) mass is 235 g/mol. The van der Waals surface area contributed by atoms with Crippen molar-refractivity contribution < 1.29 is 9.59 Å². The van der Waals surface area contributed by atoms with Gasteiger partial charge in [-0.1, -0.05) is 0 Å². The number of carbonyl (C=O) groups excluding carboxylic acids is 2. The molecule has 0 saturated heterocycles. The fraction of sp³-hybridized carbons (Fsp3) is 0.583. The molecule has 1 aliphatic carbocycles. The molecule has 5 nitrogen and oxygen atoms in total. The molecule has 0 aliphatic heterocycles. The Bertz CT molecular complexity index is 429. The highest BCUT2D eigenvalue weighted by molar-refractivity contribution is 5.92. The number of hydrogen-bond acceptors (Lipinski definition) is 3. The summed E-state index contributed by atoms with van der Waals surface area (Å²) in [4.78, 5) is 25.1. The topological polar surface area (TPSA) is 55.2 Å². The Labute approximate surface area is 100 Å². The summed E-state index contributed by atoms with van der Waals surface area (Å²) in [6, 6.07) is 1.89. The third-order valence-corrected chi connectivity index (χ3v) is 3.42. The number of amides is 1. The van der Waals surface area contributed by atoms with Gasteiger partial charge in [0.25, 0.3) is 5.91 Å².